The fraction of sp³-hybridized carbons (Fsp3) is 1.00. The minimum Gasteiger partial charge on any atom is -0.313 e. The number of phosphoric acid groups is 8. The molecule has 0 radical (unpaired) electrons. The SMILES string of the molecule is CCOP1(=O)OC(C)C(C)O1.CCOP1(=O)OC(C)CC(C)O1.CCOP1(=O)OCCCO1.CCOP1(=O)OCCO1.CCOP1(=O)O[C@@H](C)C[C@H](C)O1.CCOP1(=O)O[C@@H](C)[C@H](C)O1.CCOP1(=O)O[C@H](C)C[C@@H](C)O1.CCOP1(=O)O[C@H](C)[C@@H](C)O1.CCOP1OC(C)CC(C)O1.CCOP1OCCCO1.CCOP1O[C@@H](C)C[C@H](C)O1.CCOP1O[C@H](C)C[C@@H](C)O1. The first-order chi connectivity index (χ1) is 61.0. The zero-order chi connectivity index (χ0) is 98.5. The molecule has 0 aromatic carbocycles. The van der Waals surface area contributed by atoms with Crippen LogP contribution in [0.2, 0.25) is 0 Å². The molecule has 0 aliphatic carbocycles. The molecule has 0 N–H and O–H groups in total. The van der Waals surface area contributed by atoms with Gasteiger partial charge in [0.15, 0.2) is 0 Å². The highest BCUT2D eigenvalue weighted by Crippen LogP contribution is 2.62. The zero-order valence-electron chi connectivity index (χ0n) is 82.1. The van der Waals surface area contributed by atoms with E-state index in [1.165, 1.54) is 0 Å². The summed E-state index contributed by atoms with van der Waals surface area (Å²) in [6.07, 6.45) is 7.43. The van der Waals surface area contributed by atoms with Crippen molar-refractivity contribution in [3.8, 4) is 0 Å². The highest BCUT2D eigenvalue weighted by atomic mass is 31.2. The Labute approximate surface area is 780 Å². The summed E-state index contributed by atoms with van der Waals surface area (Å²) in [7, 11) is -29.5. The fourth-order valence-corrected chi connectivity index (χ4v) is 27.5. The van der Waals surface area contributed by atoms with Gasteiger partial charge in [0.2, 0.25) is 0 Å². The standard InChI is InChI=1S/3C7H15O4P.3C7H15O3P.3C6H13O4P.C5H11O4P.C5H11O3P.C4H9O4P/c3*1-4-9-12(8)10-6(2)5-7(3)11-12;3*1-4-8-11-9-6(2)5-7(3)10-11;3*1-4-8-11(7)9-5(2)6(3)10-11;1-2-7-10(6)8-4-3-5-9-10;1-2-6-9-7-4-3-5-8-9;1-2-6-9(5)7-3-4-8-9/h3*6-7H,4-5H2,1-3H3;3*6-7H,4-5H2,1-3H3;3*5-6H,4H2,1-3H3;2-5H2,1H3;2-5H2,1H3;2-4H2,1H3/t2*6-,7-;;2*6-,7-;;2*5-,6-;;;;/m10.10.10..../s1. The van der Waals surface area contributed by atoms with Gasteiger partial charge in [-0.05, 0) is 221 Å². The van der Waals surface area contributed by atoms with Gasteiger partial charge < -0.3 is 54.3 Å². The lowest BCUT2D eigenvalue weighted by molar-refractivity contribution is 0.00317. The van der Waals surface area contributed by atoms with Crippen LogP contribution >= 0.6 is 97.0 Å². The number of phosphoric ester groups is 8. The molecule has 0 amide bonds. The van der Waals surface area contributed by atoms with E-state index < -0.39 is 97.0 Å². The van der Waals surface area contributed by atoms with Gasteiger partial charge in [-0.1, -0.05) is 0 Å². The van der Waals surface area contributed by atoms with E-state index in [0.29, 0.717) is 106 Å². The molecule has 0 aromatic rings. The molecule has 130 heavy (non-hydrogen) atoms. The van der Waals surface area contributed by atoms with Crippen molar-refractivity contribution < 1.29 is 199 Å². The first-order valence-electron chi connectivity index (χ1n) is 44.7. The Hall–Kier alpha value is 2.12. The maximum atomic E-state index is 11.6. The van der Waals surface area contributed by atoms with Crippen molar-refractivity contribution in [3.05, 3.63) is 0 Å². The van der Waals surface area contributed by atoms with Crippen LogP contribution in [-0.4, -0.2) is 229 Å². The van der Waals surface area contributed by atoms with Gasteiger partial charge in [-0.2, -0.15) is 0 Å². The predicted octanol–water partition coefficient (Wildman–Crippen LogP) is 24.7. The van der Waals surface area contributed by atoms with Crippen LogP contribution in [0.1, 0.15) is 259 Å². The van der Waals surface area contributed by atoms with Crippen molar-refractivity contribution >= 4 is 97.0 Å². The van der Waals surface area contributed by atoms with Crippen LogP contribution in [0.25, 0.3) is 0 Å². The zero-order valence-corrected chi connectivity index (χ0v) is 92.8. The number of rotatable bonds is 24. The Morgan fingerprint density at radius 3 is 0.554 bits per heavy atom. The van der Waals surface area contributed by atoms with E-state index in [9.17, 15) is 36.5 Å². The van der Waals surface area contributed by atoms with Gasteiger partial charge in [-0.25, -0.2) is 36.5 Å². The van der Waals surface area contributed by atoms with E-state index in [2.05, 4.69) is 0 Å². The summed E-state index contributed by atoms with van der Waals surface area (Å²) < 4.78 is 273. The van der Waals surface area contributed by atoms with Gasteiger partial charge in [0, 0.05) is 38.5 Å². The normalized spacial score (nSPS) is 36.8. The molecule has 0 aromatic heterocycles. The van der Waals surface area contributed by atoms with Crippen LogP contribution in [0.4, 0.5) is 0 Å². The van der Waals surface area contributed by atoms with Gasteiger partial charge in [-0.15, -0.1) is 0 Å². The molecule has 12 rings (SSSR count). The van der Waals surface area contributed by atoms with Crippen LogP contribution < -0.4 is 0 Å². The molecule has 0 saturated carbocycles. The van der Waals surface area contributed by atoms with Crippen molar-refractivity contribution in [1.29, 1.82) is 0 Å². The van der Waals surface area contributed by atoms with Crippen LogP contribution in [0, 0.1) is 0 Å². The summed E-state index contributed by atoms with van der Waals surface area (Å²) in [5.74, 6) is 0. The summed E-state index contributed by atoms with van der Waals surface area (Å²) in [5.41, 5.74) is 0. The lowest BCUT2D eigenvalue weighted by Gasteiger charge is -2.30. The van der Waals surface area contributed by atoms with Gasteiger partial charge in [0.05, 0.1) is 229 Å². The molecular weight excluding hydrogens is 1960 g/mol. The molecule has 0 bridgehead atoms. The number of hydrogen-bond acceptors (Lipinski definition) is 44. The van der Waals surface area contributed by atoms with Crippen LogP contribution in [0.15, 0.2) is 0 Å². The van der Waals surface area contributed by atoms with Crippen LogP contribution in [0.5, 0.6) is 0 Å². The van der Waals surface area contributed by atoms with Gasteiger partial charge in [-0.3, -0.25) is 109 Å². The van der Waals surface area contributed by atoms with Crippen LogP contribution in [-0.2, 0) is 199 Å². The Morgan fingerprint density at radius 1 is 0.200 bits per heavy atom. The first-order valence-corrected chi connectivity index (χ1v) is 60.8. The minimum absolute atomic E-state index is 0.0499. The molecular formula is C74H160O44P12. The molecule has 12 fully saturated rings. The number of hydrogen-bond donors (Lipinski definition) is 0. The average Bonchev–Trinajstić information content (AvgIpc) is 1.24. The summed E-state index contributed by atoms with van der Waals surface area (Å²) in [6, 6.07) is 0. The molecule has 12 aliphatic rings. The lowest BCUT2D eigenvalue weighted by atomic mass is 10.2. The smallest absolute Gasteiger partial charge is 0.313 e. The third kappa shape index (κ3) is 58.2. The Balaban J connectivity index is 0.000000710. The molecule has 780 valence electrons. The molecule has 12 aliphatic heterocycles. The summed E-state index contributed by atoms with van der Waals surface area (Å²) >= 11 is 0. The fourth-order valence-electron chi connectivity index (χ4n) is 11.1. The summed E-state index contributed by atoms with van der Waals surface area (Å²) in [4.78, 5) is 0. The maximum absolute atomic E-state index is 11.6. The van der Waals surface area contributed by atoms with Crippen molar-refractivity contribution in [2.24, 2.45) is 0 Å². The van der Waals surface area contributed by atoms with E-state index >= 15 is 0 Å². The largest absolute Gasteiger partial charge is 0.475 e. The summed E-state index contributed by atoms with van der Waals surface area (Å²) in [6.45, 7) is 64.8. The van der Waals surface area contributed by atoms with Gasteiger partial charge in [0.1, 0.15) is 0 Å². The molecule has 44 nitrogen and oxygen atoms in total. The Kier molecular flexibility index (Phi) is 70.0. The van der Waals surface area contributed by atoms with Crippen LogP contribution in [0.3, 0.4) is 0 Å². The second kappa shape index (κ2) is 70.0. The van der Waals surface area contributed by atoms with E-state index in [-0.39, 0.29) is 110 Å². The highest BCUT2D eigenvalue weighted by molar-refractivity contribution is 7.50. The van der Waals surface area contributed by atoms with E-state index in [0.717, 1.165) is 64.6 Å². The Morgan fingerprint density at radius 2 is 0.362 bits per heavy atom. The van der Waals surface area contributed by atoms with E-state index in [1.807, 2.05) is 152 Å². The second-order valence-electron chi connectivity index (χ2n) is 29.5. The molecule has 12 heterocycles. The van der Waals surface area contributed by atoms with E-state index in [4.69, 9.17) is 163 Å². The monoisotopic (exact) mass is 2120 g/mol. The van der Waals surface area contributed by atoms with Crippen molar-refractivity contribution in [3.63, 3.8) is 0 Å². The predicted molar refractivity (Wildman–Crippen MR) is 491 cm³/mol. The van der Waals surface area contributed by atoms with Crippen molar-refractivity contribution in [2.45, 2.75) is 369 Å². The molecule has 12 saturated heterocycles. The second-order valence-corrected chi connectivity index (χ2v) is 46.8. The van der Waals surface area contributed by atoms with Gasteiger partial charge in [0.25, 0.3) is 0 Å². The van der Waals surface area contributed by atoms with Gasteiger partial charge >= 0.3 is 97.0 Å². The lowest BCUT2D eigenvalue weighted by Crippen LogP contribution is -2.24. The first kappa shape index (κ1) is 130. The third-order valence-electron chi connectivity index (χ3n) is 16.5. The average molecular weight is 2130 g/mol. The highest BCUT2D eigenvalue weighted by Gasteiger charge is 2.45. The molecule has 0 spiro atoms. The molecule has 6 unspecified atom stereocenters. The topological polar surface area (TPSA) is 469 Å². The minimum atomic E-state index is -3.23. The molecule has 56 heteroatoms. The third-order valence-corrected chi connectivity index (χ3v) is 36.2. The summed E-state index contributed by atoms with van der Waals surface area (Å²) in [5, 5.41) is 0. The Bertz CT molecular complexity index is 2910. The maximum Gasteiger partial charge on any atom is 0.475 e. The van der Waals surface area contributed by atoms with Crippen molar-refractivity contribution in [2.75, 3.05) is 119 Å². The van der Waals surface area contributed by atoms with Crippen molar-refractivity contribution in [1.82, 2.24) is 0 Å². The van der Waals surface area contributed by atoms with E-state index in [1.54, 1.807) is 55.4 Å². The quantitative estimate of drug-likeness (QED) is 0.0810. The molecule has 18 atom stereocenters.